The Bertz CT molecular complexity index is 643. The van der Waals surface area contributed by atoms with Crippen molar-refractivity contribution >= 4 is 11.6 Å². The third kappa shape index (κ3) is 3.05. The Morgan fingerprint density at radius 1 is 1.10 bits per heavy atom. The van der Waals surface area contributed by atoms with Gasteiger partial charge in [-0.3, -0.25) is 9.59 Å². The smallest absolute Gasteiger partial charge is 0.190 e. The molecule has 1 atom stereocenters. The lowest BCUT2D eigenvalue weighted by Crippen LogP contribution is -2.24. The lowest BCUT2D eigenvalue weighted by Gasteiger charge is -2.23. The Balaban J connectivity index is 2.31. The van der Waals surface area contributed by atoms with Crippen molar-refractivity contribution in [3.8, 4) is 0 Å². The molecule has 0 aliphatic heterocycles. The van der Waals surface area contributed by atoms with Crippen molar-refractivity contribution in [3.63, 3.8) is 0 Å². The highest BCUT2D eigenvalue weighted by Crippen LogP contribution is 2.32. The van der Waals surface area contributed by atoms with Crippen LogP contribution in [-0.2, 0) is 0 Å². The van der Waals surface area contributed by atoms with Crippen molar-refractivity contribution in [1.82, 2.24) is 0 Å². The lowest BCUT2D eigenvalue weighted by atomic mass is 9.78. The maximum absolute atomic E-state index is 12.7. The normalized spacial score (nSPS) is 15.8. The summed E-state index contributed by atoms with van der Waals surface area (Å²) in [4.78, 5) is 25.1. The van der Waals surface area contributed by atoms with E-state index in [9.17, 15) is 9.59 Å². The van der Waals surface area contributed by atoms with E-state index in [4.69, 9.17) is 0 Å². The SMILES string of the molecule is CC(C)=CCCC(C)C1=C(C)C(=O)c2ccccc2C1=O. The molecule has 21 heavy (non-hydrogen) atoms. The fourth-order valence-electron chi connectivity index (χ4n) is 2.88. The fourth-order valence-corrected chi connectivity index (χ4v) is 2.88. The van der Waals surface area contributed by atoms with Crippen LogP contribution in [0.1, 0.15) is 61.3 Å². The van der Waals surface area contributed by atoms with Crippen LogP contribution in [0.5, 0.6) is 0 Å². The number of fused-ring (bicyclic) bond motifs is 1. The van der Waals surface area contributed by atoms with Gasteiger partial charge in [0.25, 0.3) is 0 Å². The highest BCUT2D eigenvalue weighted by atomic mass is 16.1. The summed E-state index contributed by atoms with van der Waals surface area (Å²) in [6, 6.07) is 7.12. The maximum atomic E-state index is 12.7. The average molecular weight is 282 g/mol. The third-order valence-electron chi connectivity index (χ3n) is 4.05. The van der Waals surface area contributed by atoms with E-state index in [0.717, 1.165) is 12.8 Å². The summed E-state index contributed by atoms with van der Waals surface area (Å²) in [7, 11) is 0. The van der Waals surface area contributed by atoms with Crippen molar-refractivity contribution in [1.29, 1.82) is 0 Å². The van der Waals surface area contributed by atoms with Crippen LogP contribution in [0.4, 0.5) is 0 Å². The molecule has 0 N–H and O–H groups in total. The van der Waals surface area contributed by atoms with Crippen LogP contribution < -0.4 is 0 Å². The molecular formula is C19H22O2. The van der Waals surface area contributed by atoms with Crippen molar-refractivity contribution in [2.75, 3.05) is 0 Å². The number of benzene rings is 1. The Morgan fingerprint density at radius 3 is 2.24 bits per heavy atom. The van der Waals surface area contributed by atoms with Crippen LogP contribution >= 0.6 is 0 Å². The topological polar surface area (TPSA) is 34.1 Å². The monoisotopic (exact) mass is 282 g/mol. The first-order valence-electron chi connectivity index (χ1n) is 7.46. The molecule has 0 bridgehead atoms. The molecule has 2 heteroatoms. The van der Waals surface area contributed by atoms with Crippen molar-refractivity contribution in [3.05, 3.63) is 58.2 Å². The van der Waals surface area contributed by atoms with Crippen LogP contribution in [0.15, 0.2) is 47.1 Å². The molecule has 0 fully saturated rings. The molecule has 0 heterocycles. The Hall–Kier alpha value is -1.96. The predicted octanol–water partition coefficient (Wildman–Crippen LogP) is 4.76. The van der Waals surface area contributed by atoms with Crippen LogP contribution in [0.2, 0.25) is 0 Å². The second kappa shape index (κ2) is 6.21. The van der Waals surface area contributed by atoms with Crippen LogP contribution in [0.25, 0.3) is 0 Å². The summed E-state index contributed by atoms with van der Waals surface area (Å²) >= 11 is 0. The lowest BCUT2D eigenvalue weighted by molar-refractivity contribution is 0.0965. The van der Waals surface area contributed by atoms with Crippen LogP contribution in [-0.4, -0.2) is 11.6 Å². The van der Waals surface area contributed by atoms with Gasteiger partial charge in [0.05, 0.1) is 0 Å². The molecule has 1 aliphatic carbocycles. The maximum Gasteiger partial charge on any atom is 0.190 e. The molecule has 0 saturated carbocycles. The van der Waals surface area contributed by atoms with Gasteiger partial charge in [-0.1, -0.05) is 42.8 Å². The molecule has 2 rings (SSSR count). The Morgan fingerprint density at radius 2 is 1.67 bits per heavy atom. The first-order valence-corrected chi connectivity index (χ1v) is 7.46. The zero-order valence-electron chi connectivity index (χ0n) is 13.2. The van der Waals surface area contributed by atoms with E-state index in [-0.39, 0.29) is 17.5 Å². The molecule has 1 aliphatic rings. The van der Waals surface area contributed by atoms with Gasteiger partial charge < -0.3 is 0 Å². The second-order valence-corrected chi connectivity index (χ2v) is 6.00. The third-order valence-corrected chi connectivity index (χ3v) is 4.05. The Kier molecular flexibility index (Phi) is 4.56. The molecule has 0 spiro atoms. The van der Waals surface area contributed by atoms with Gasteiger partial charge in [0, 0.05) is 22.3 Å². The van der Waals surface area contributed by atoms with Crippen LogP contribution in [0, 0.1) is 5.92 Å². The molecule has 0 aromatic heterocycles. The van der Waals surface area contributed by atoms with E-state index >= 15 is 0 Å². The zero-order chi connectivity index (χ0) is 15.6. The van der Waals surface area contributed by atoms with Gasteiger partial charge >= 0.3 is 0 Å². The van der Waals surface area contributed by atoms with Gasteiger partial charge in [-0.15, -0.1) is 0 Å². The summed E-state index contributed by atoms with van der Waals surface area (Å²) in [5.74, 6) is 0.118. The number of hydrogen-bond donors (Lipinski definition) is 0. The first-order chi connectivity index (χ1) is 9.93. The average Bonchev–Trinajstić information content (AvgIpc) is 2.45. The molecule has 110 valence electrons. The minimum atomic E-state index is -0.00531. The van der Waals surface area contributed by atoms with Crippen molar-refractivity contribution < 1.29 is 9.59 Å². The largest absolute Gasteiger partial charge is 0.289 e. The van der Waals surface area contributed by atoms with Gasteiger partial charge in [0.1, 0.15) is 0 Å². The highest BCUT2D eigenvalue weighted by Gasteiger charge is 2.31. The first kappa shape index (κ1) is 15.4. The second-order valence-electron chi connectivity index (χ2n) is 6.00. The Labute approximate surface area is 126 Å². The molecule has 1 aromatic carbocycles. The van der Waals surface area contributed by atoms with E-state index in [1.807, 2.05) is 13.0 Å². The van der Waals surface area contributed by atoms with Gasteiger partial charge in [0.2, 0.25) is 0 Å². The predicted molar refractivity (Wildman–Crippen MR) is 85.6 cm³/mol. The minimum absolute atomic E-state index is 0.00531. The van der Waals surface area contributed by atoms with Gasteiger partial charge in [-0.05, 0) is 39.5 Å². The quantitative estimate of drug-likeness (QED) is 0.746. The van der Waals surface area contributed by atoms with E-state index in [0.29, 0.717) is 22.3 Å². The number of Topliss-reactive ketones (excluding diaryl/α,β-unsaturated/α-hetero) is 2. The number of ketones is 2. The van der Waals surface area contributed by atoms with Crippen molar-refractivity contribution in [2.24, 2.45) is 5.92 Å². The number of allylic oxidation sites excluding steroid dienone is 4. The van der Waals surface area contributed by atoms with E-state index < -0.39 is 0 Å². The standard InChI is InChI=1S/C19H22O2/c1-12(2)8-7-9-13(3)17-14(4)18(20)15-10-5-6-11-16(15)19(17)21/h5-6,8,10-11,13H,7,9H2,1-4H3. The summed E-state index contributed by atoms with van der Waals surface area (Å²) in [5.41, 5.74) is 3.69. The summed E-state index contributed by atoms with van der Waals surface area (Å²) in [5, 5.41) is 0. The fraction of sp³-hybridized carbons (Fsp3) is 0.368. The molecule has 0 saturated heterocycles. The molecule has 1 unspecified atom stereocenters. The minimum Gasteiger partial charge on any atom is -0.289 e. The molecule has 0 radical (unpaired) electrons. The van der Waals surface area contributed by atoms with E-state index in [2.05, 4.69) is 19.9 Å². The van der Waals surface area contributed by atoms with Crippen LogP contribution in [0.3, 0.4) is 0 Å². The number of carbonyl (C=O) groups is 2. The summed E-state index contributed by atoms with van der Waals surface area (Å²) < 4.78 is 0. The number of rotatable bonds is 4. The van der Waals surface area contributed by atoms with Gasteiger partial charge in [-0.25, -0.2) is 0 Å². The van der Waals surface area contributed by atoms with E-state index in [1.165, 1.54) is 5.57 Å². The zero-order valence-corrected chi connectivity index (χ0v) is 13.2. The summed E-state index contributed by atoms with van der Waals surface area (Å²) in [6.45, 7) is 7.96. The molecular weight excluding hydrogens is 260 g/mol. The number of carbonyl (C=O) groups excluding carboxylic acids is 2. The molecule has 1 aromatic rings. The highest BCUT2D eigenvalue weighted by molar-refractivity contribution is 6.26. The van der Waals surface area contributed by atoms with Crippen molar-refractivity contribution in [2.45, 2.75) is 40.5 Å². The molecule has 0 amide bonds. The van der Waals surface area contributed by atoms with Gasteiger partial charge in [-0.2, -0.15) is 0 Å². The summed E-state index contributed by atoms with van der Waals surface area (Å²) in [6.07, 6.45) is 4.00. The number of hydrogen-bond acceptors (Lipinski definition) is 2. The van der Waals surface area contributed by atoms with E-state index in [1.54, 1.807) is 25.1 Å². The molecule has 2 nitrogen and oxygen atoms in total. The van der Waals surface area contributed by atoms with Gasteiger partial charge in [0.15, 0.2) is 11.6 Å².